The number of aromatic nitrogens is 3. The van der Waals surface area contributed by atoms with Crippen molar-refractivity contribution in [3.63, 3.8) is 0 Å². The Labute approximate surface area is 415 Å². The minimum atomic E-state index is -2.34. The molecule has 4 nitrogen and oxygen atoms in total. The summed E-state index contributed by atoms with van der Waals surface area (Å²) in [6, 6.07) is 55.7. The van der Waals surface area contributed by atoms with Gasteiger partial charge in [-0.15, -0.1) is 53.1 Å². The van der Waals surface area contributed by atoms with Gasteiger partial charge in [0, 0.05) is 48.3 Å². The summed E-state index contributed by atoms with van der Waals surface area (Å²) in [5.41, 5.74) is 13.5. The molecule has 0 aliphatic carbocycles. The number of furan rings is 1. The first kappa shape index (κ1) is 36.8. The molecule has 0 saturated carbocycles. The van der Waals surface area contributed by atoms with E-state index in [1.807, 2.05) is 69.3 Å². The van der Waals surface area contributed by atoms with Gasteiger partial charge in [0.2, 0.25) is 0 Å². The molecule has 0 atom stereocenters. The quantitative estimate of drug-likeness (QED) is 0.142. The fourth-order valence-electron chi connectivity index (χ4n) is 8.47. The van der Waals surface area contributed by atoms with Crippen LogP contribution in [0.15, 0.2) is 162 Å². The normalized spacial score (nSPS) is 14.0. The Morgan fingerprint density at radius 3 is 2.00 bits per heavy atom. The third-order valence-corrected chi connectivity index (χ3v) is 11.6. The van der Waals surface area contributed by atoms with E-state index in [4.69, 9.17) is 20.4 Å². The van der Waals surface area contributed by atoms with Crippen molar-refractivity contribution in [2.24, 2.45) is 5.41 Å². The van der Waals surface area contributed by atoms with E-state index in [0.29, 0.717) is 44.8 Å². The zero-order valence-corrected chi connectivity index (χ0v) is 40.6. The molecule has 10 rings (SSSR count). The minimum Gasteiger partial charge on any atom is -0.501 e. The van der Waals surface area contributed by atoms with Crippen LogP contribution in [0.5, 0.6) is 0 Å². The van der Waals surface area contributed by atoms with E-state index >= 15 is 0 Å². The number of hydrogen-bond donors (Lipinski definition) is 0. The second-order valence-corrected chi connectivity index (χ2v) is 18.2. The summed E-state index contributed by atoms with van der Waals surface area (Å²) >= 11 is 0. The molecule has 0 bridgehead atoms. The number of pyridine rings is 1. The fourth-order valence-corrected chi connectivity index (χ4v) is 8.47. The Kier molecular flexibility index (Phi) is 10.7. The molecule has 0 fully saturated rings. The summed E-state index contributed by atoms with van der Waals surface area (Å²) in [4.78, 5) is 9.53. The van der Waals surface area contributed by atoms with Crippen molar-refractivity contribution in [2.75, 3.05) is 0 Å². The van der Waals surface area contributed by atoms with Crippen molar-refractivity contribution < 1.29 is 35.5 Å². The summed E-state index contributed by atoms with van der Waals surface area (Å²) in [6.07, 6.45) is 0.0411. The van der Waals surface area contributed by atoms with Crippen LogP contribution >= 0.6 is 0 Å². The van der Waals surface area contributed by atoms with E-state index < -0.39 is 25.5 Å². The Balaban J connectivity index is 0.000000256. The molecule has 7 aromatic carbocycles. The topological polar surface area (TPSA) is 43.9 Å². The third-order valence-electron chi connectivity index (χ3n) is 11.6. The predicted molar refractivity (Wildman–Crippen MR) is 273 cm³/mol. The van der Waals surface area contributed by atoms with Crippen LogP contribution in [0, 0.1) is 31.3 Å². The van der Waals surface area contributed by atoms with Gasteiger partial charge in [-0.25, -0.2) is 0 Å². The van der Waals surface area contributed by atoms with Gasteiger partial charge in [0.25, 0.3) is 0 Å². The van der Waals surface area contributed by atoms with E-state index in [0.717, 1.165) is 27.7 Å². The summed E-state index contributed by atoms with van der Waals surface area (Å²) in [5, 5.41) is 1.34. The Morgan fingerprint density at radius 2 is 1.36 bits per heavy atom. The molecule has 0 N–H and O–H groups in total. The first-order valence-electron chi connectivity index (χ1n) is 26.2. The van der Waals surface area contributed by atoms with Gasteiger partial charge in [-0.05, 0) is 98.6 Å². The summed E-state index contributed by atoms with van der Waals surface area (Å²) in [6.45, 7) is 10.0. The van der Waals surface area contributed by atoms with Crippen LogP contribution in [0.25, 0.3) is 83.6 Å². The number of rotatable bonds is 8. The van der Waals surface area contributed by atoms with Crippen molar-refractivity contribution in [3.05, 3.63) is 198 Å². The van der Waals surface area contributed by atoms with Crippen LogP contribution in [0.3, 0.4) is 0 Å². The van der Waals surface area contributed by atoms with Gasteiger partial charge in [0.1, 0.15) is 5.58 Å². The second-order valence-electron chi connectivity index (χ2n) is 18.2. The van der Waals surface area contributed by atoms with Gasteiger partial charge in [0.15, 0.2) is 0 Å². The molecule has 5 heteroatoms. The van der Waals surface area contributed by atoms with Crippen LogP contribution in [0.1, 0.15) is 99.1 Å². The molecule has 66 heavy (non-hydrogen) atoms. The first-order valence-corrected chi connectivity index (χ1v) is 22.2. The molecular weight excluding hydrogens is 983 g/mol. The number of para-hydroxylation sites is 3. The summed E-state index contributed by atoms with van der Waals surface area (Å²) in [5.74, 6) is 1.04. The SMILES string of the molecule is [2H]C([2H])([2H])c1c[c-]c(-c2ccc(C([2H])([2H])C(C)(C)C)cn2)cc1.[2H]C([2H])([2H])c1c[c-]c(-c2nc3ccccc3n2-c2c(C(C)C)cc(-c3ccc(-c4ccccc4)cc3)cc2C(C)C)c2oc3ccccc3c12.[Ir]. The van der Waals surface area contributed by atoms with Gasteiger partial charge >= 0.3 is 0 Å². The standard InChI is InChI=1S/C44H37N2O.C17H20N.Ir/c1-27(2)36-25-33(32-22-20-31(21-23-32)30-13-7-6-8-14-30)26-37(28(3)4)42(36)46-39-17-11-10-16-38(39)45-44(46)35-24-19-29(5)41-34-15-9-12-18-40(34)47-43(35)41;1-13-5-8-15(9-6-13)16-10-7-14(12-18-16)11-17(2,3)4;/h6-23,25-28H,1-5H3;5-8,10,12H,11H2,1-4H3;/q2*-1;/i5D3;1D3,11D2;. The molecule has 1 radical (unpaired) electrons. The molecule has 3 heterocycles. The second kappa shape index (κ2) is 19.2. The molecule has 10 aromatic rings. The predicted octanol–water partition coefficient (Wildman–Crippen LogP) is 16.7. The summed E-state index contributed by atoms with van der Waals surface area (Å²) in [7, 11) is 0. The Bertz CT molecular complexity index is 3560. The van der Waals surface area contributed by atoms with Gasteiger partial charge in [0.05, 0.1) is 22.4 Å². The molecule has 0 amide bonds. The van der Waals surface area contributed by atoms with E-state index in [2.05, 4.69) is 116 Å². The van der Waals surface area contributed by atoms with Crippen molar-refractivity contribution in [3.8, 4) is 50.6 Å². The average molecular weight is 1050 g/mol. The maximum atomic E-state index is 8.36. The Morgan fingerprint density at radius 1 is 0.697 bits per heavy atom. The van der Waals surface area contributed by atoms with Gasteiger partial charge < -0.3 is 14.0 Å². The number of fused-ring (bicyclic) bond motifs is 4. The monoisotopic (exact) mass is 1050 g/mol. The average Bonchev–Trinajstić information content (AvgIpc) is 3.95. The van der Waals surface area contributed by atoms with Crippen molar-refractivity contribution in [2.45, 2.75) is 80.4 Å². The van der Waals surface area contributed by atoms with Crippen LogP contribution in [-0.2, 0) is 26.5 Å². The Hall–Kier alpha value is -6.39. The maximum absolute atomic E-state index is 8.36. The molecular formula is C61H57IrN3O-2. The van der Waals surface area contributed by atoms with Crippen LogP contribution in [0.4, 0.5) is 0 Å². The van der Waals surface area contributed by atoms with Gasteiger partial charge in [-0.1, -0.05) is 170 Å². The van der Waals surface area contributed by atoms with Crippen molar-refractivity contribution in [1.29, 1.82) is 0 Å². The van der Waals surface area contributed by atoms with Gasteiger partial charge in [-0.3, -0.25) is 4.98 Å². The molecule has 3 aromatic heterocycles. The van der Waals surface area contributed by atoms with Crippen LogP contribution in [-0.4, -0.2) is 14.5 Å². The number of nitrogens with zero attached hydrogens (tertiary/aromatic N) is 3. The van der Waals surface area contributed by atoms with Crippen LogP contribution in [0.2, 0.25) is 0 Å². The number of benzene rings is 7. The number of hydrogen-bond acceptors (Lipinski definition) is 3. The first-order chi connectivity index (χ1) is 34.5. The number of aryl methyl sites for hydroxylation is 2. The van der Waals surface area contributed by atoms with E-state index in [9.17, 15) is 0 Å². The molecule has 333 valence electrons. The van der Waals surface area contributed by atoms with Crippen LogP contribution < -0.4 is 0 Å². The largest absolute Gasteiger partial charge is 0.501 e. The fraction of sp³-hybridized carbons (Fsp3) is 0.213. The molecule has 0 saturated heterocycles. The van der Waals surface area contributed by atoms with Crippen molar-refractivity contribution in [1.82, 2.24) is 14.5 Å². The maximum Gasteiger partial charge on any atom is 0.120 e. The molecule has 0 aliphatic rings. The number of imidazole rings is 1. The molecule has 0 aliphatic heterocycles. The van der Waals surface area contributed by atoms with Crippen molar-refractivity contribution >= 4 is 33.0 Å². The smallest absolute Gasteiger partial charge is 0.120 e. The van der Waals surface area contributed by atoms with Gasteiger partial charge in [-0.2, -0.15) is 0 Å². The minimum absolute atomic E-state index is 0. The zero-order valence-electron chi connectivity index (χ0n) is 46.2. The van der Waals surface area contributed by atoms with E-state index in [1.54, 1.807) is 30.3 Å². The summed E-state index contributed by atoms with van der Waals surface area (Å²) < 4.78 is 72.4. The third kappa shape index (κ3) is 9.47. The zero-order chi connectivity index (χ0) is 52.2. The molecule has 0 spiro atoms. The molecule has 0 unspecified atom stereocenters. The van der Waals surface area contributed by atoms with E-state index in [-0.39, 0.29) is 43.1 Å². The van der Waals surface area contributed by atoms with E-state index in [1.165, 1.54) is 40.1 Å².